The van der Waals surface area contributed by atoms with Gasteiger partial charge in [-0.15, -0.1) is 0 Å². The van der Waals surface area contributed by atoms with Gasteiger partial charge in [-0.2, -0.15) is 20.2 Å². The molecule has 0 aliphatic rings. The summed E-state index contributed by atoms with van der Waals surface area (Å²) in [4.78, 5) is 12.1. The Labute approximate surface area is 178 Å². The van der Waals surface area contributed by atoms with Gasteiger partial charge in [0.05, 0.1) is 12.4 Å². The smallest absolute Gasteiger partial charge is 0.423 e. The number of benzene rings is 1. The lowest BCUT2D eigenvalue weighted by atomic mass is 9.80. The van der Waals surface area contributed by atoms with Crippen molar-refractivity contribution in [1.82, 2.24) is 0 Å². The molecule has 3 N–H and O–H groups in total. The predicted molar refractivity (Wildman–Crippen MR) is 117 cm³/mol. The maximum Gasteiger partial charge on any atom is 0.488 e. The fourth-order valence-electron chi connectivity index (χ4n) is 2.80. The molecule has 164 valence electrons. The van der Waals surface area contributed by atoms with Gasteiger partial charge in [0, 0.05) is 5.56 Å². The third-order valence-electron chi connectivity index (χ3n) is 4.43. The Kier molecular flexibility index (Phi) is 13.5. The van der Waals surface area contributed by atoms with Crippen molar-refractivity contribution in [2.75, 3.05) is 18.1 Å². The summed E-state index contributed by atoms with van der Waals surface area (Å²) in [6, 6.07) is 6.35. The van der Waals surface area contributed by atoms with E-state index in [1.165, 1.54) is 12.8 Å². The Balaban J connectivity index is 1.91. The van der Waals surface area contributed by atoms with Crippen LogP contribution in [0.1, 0.15) is 68.1 Å². The van der Waals surface area contributed by atoms with E-state index in [2.05, 4.69) is 4.18 Å². The van der Waals surface area contributed by atoms with E-state index in [4.69, 9.17) is 14.6 Å². The predicted octanol–water partition coefficient (Wildman–Crippen LogP) is 2.61. The van der Waals surface area contributed by atoms with Gasteiger partial charge < -0.3 is 10.0 Å². The van der Waals surface area contributed by atoms with Gasteiger partial charge in [0.1, 0.15) is 0 Å². The minimum Gasteiger partial charge on any atom is -0.423 e. The van der Waals surface area contributed by atoms with E-state index >= 15 is 0 Å². The van der Waals surface area contributed by atoms with Crippen LogP contribution in [0.2, 0.25) is 0 Å². The zero-order valence-corrected chi connectivity index (χ0v) is 18.3. The molecule has 0 saturated carbocycles. The summed E-state index contributed by atoms with van der Waals surface area (Å²) in [6.07, 6.45) is 9.40. The highest BCUT2D eigenvalue weighted by Gasteiger charge is 2.12. The molecule has 1 rings (SSSR count). The molecule has 0 radical (unpaired) electrons. The molecule has 0 amide bonds. The number of ketones is 1. The molecule has 0 bridgehead atoms. The first-order valence-electron chi connectivity index (χ1n) is 9.98. The van der Waals surface area contributed by atoms with Gasteiger partial charge in [-0.1, -0.05) is 69.2 Å². The van der Waals surface area contributed by atoms with Gasteiger partial charge in [0.2, 0.25) is 0 Å². The van der Waals surface area contributed by atoms with Gasteiger partial charge in [-0.25, -0.2) is 4.18 Å². The molecule has 1 aromatic carbocycles. The van der Waals surface area contributed by atoms with Gasteiger partial charge in [-0.05, 0) is 24.1 Å². The second kappa shape index (κ2) is 15.0. The first-order valence-corrected chi connectivity index (χ1v) is 12.5. The van der Waals surface area contributed by atoms with E-state index in [0.717, 1.165) is 44.3 Å². The monoisotopic (exact) mass is 446 g/mol. The minimum atomic E-state index is -4.30. The molecule has 0 spiro atoms. The topological polar surface area (TPSA) is 121 Å². The van der Waals surface area contributed by atoms with Crippen LogP contribution in [0.4, 0.5) is 0 Å². The van der Waals surface area contributed by atoms with Crippen molar-refractivity contribution >= 4 is 40.5 Å². The first kappa shape index (κ1) is 26.1. The molecule has 7 nitrogen and oxygen atoms in total. The molecule has 0 unspecified atom stereocenters. The lowest BCUT2D eigenvalue weighted by Crippen LogP contribution is -2.29. The van der Waals surface area contributed by atoms with Gasteiger partial charge in [-0.3, -0.25) is 9.35 Å². The lowest BCUT2D eigenvalue weighted by Gasteiger charge is -2.04. The third kappa shape index (κ3) is 13.9. The molecular formula is C19H31BO7S2. The van der Waals surface area contributed by atoms with Crippen molar-refractivity contribution in [3.8, 4) is 0 Å². The Morgan fingerprint density at radius 3 is 1.93 bits per heavy atom. The van der Waals surface area contributed by atoms with E-state index < -0.39 is 17.5 Å². The van der Waals surface area contributed by atoms with Crippen LogP contribution in [0.5, 0.6) is 0 Å². The highest BCUT2D eigenvalue weighted by molar-refractivity contribution is 7.99. The fourth-order valence-corrected chi connectivity index (χ4v) is 4.03. The quantitative estimate of drug-likeness (QED) is 0.145. The molecule has 0 saturated heterocycles. The molecule has 0 aromatic heterocycles. The summed E-state index contributed by atoms with van der Waals surface area (Å²) in [5.41, 5.74) is 0.965. The number of thioether (sulfide) groups is 1. The summed E-state index contributed by atoms with van der Waals surface area (Å²) >= 11 is 1.63. The van der Waals surface area contributed by atoms with E-state index in [-0.39, 0.29) is 12.4 Å². The van der Waals surface area contributed by atoms with Crippen LogP contribution in [0.15, 0.2) is 24.3 Å². The number of carbonyl (C=O) groups is 1. The summed E-state index contributed by atoms with van der Waals surface area (Å²) < 4.78 is 33.4. The van der Waals surface area contributed by atoms with Crippen molar-refractivity contribution in [3.63, 3.8) is 0 Å². The Bertz CT molecular complexity index is 678. The van der Waals surface area contributed by atoms with Gasteiger partial charge in [0.15, 0.2) is 5.78 Å². The third-order valence-corrected chi connectivity index (χ3v) is 5.94. The van der Waals surface area contributed by atoms with Crippen LogP contribution < -0.4 is 5.46 Å². The van der Waals surface area contributed by atoms with E-state index in [9.17, 15) is 13.2 Å². The van der Waals surface area contributed by atoms with E-state index in [0.29, 0.717) is 23.2 Å². The zero-order valence-electron chi connectivity index (χ0n) is 16.7. The van der Waals surface area contributed by atoms with Crippen molar-refractivity contribution < 1.29 is 32.0 Å². The highest BCUT2D eigenvalue weighted by Crippen LogP contribution is 2.13. The van der Waals surface area contributed by atoms with Crippen molar-refractivity contribution in [1.29, 1.82) is 0 Å². The first-order chi connectivity index (χ1) is 13.8. The van der Waals surface area contributed by atoms with Crippen molar-refractivity contribution in [2.45, 2.75) is 57.8 Å². The second-order valence-electron chi connectivity index (χ2n) is 6.90. The van der Waals surface area contributed by atoms with E-state index in [1.54, 1.807) is 36.0 Å². The maximum absolute atomic E-state index is 12.1. The van der Waals surface area contributed by atoms with Crippen LogP contribution in [0.3, 0.4) is 0 Å². The maximum atomic E-state index is 12.1. The van der Waals surface area contributed by atoms with Crippen molar-refractivity contribution in [2.24, 2.45) is 0 Å². The molecule has 29 heavy (non-hydrogen) atoms. The van der Waals surface area contributed by atoms with Crippen molar-refractivity contribution in [3.05, 3.63) is 29.8 Å². The average molecular weight is 446 g/mol. The van der Waals surface area contributed by atoms with Crippen LogP contribution in [-0.4, -0.2) is 54.0 Å². The fraction of sp³-hybridized carbons (Fsp3) is 0.632. The van der Waals surface area contributed by atoms with Crippen LogP contribution in [-0.2, 0) is 14.6 Å². The summed E-state index contributed by atoms with van der Waals surface area (Å²) in [7, 11) is -5.81. The van der Waals surface area contributed by atoms with E-state index in [1.807, 2.05) is 0 Å². The Morgan fingerprint density at radius 1 is 0.897 bits per heavy atom. The van der Waals surface area contributed by atoms with Crippen LogP contribution in [0, 0.1) is 0 Å². The molecule has 0 aliphatic carbocycles. The molecule has 0 fully saturated rings. The minimum absolute atomic E-state index is 0.0378. The Morgan fingerprint density at radius 2 is 1.41 bits per heavy atom. The normalized spacial score (nSPS) is 11.6. The molecule has 1 aromatic rings. The number of unbranched alkanes of at least 4 members (excludes halogenated alkanes) is 8. The second-order valence-corrected chi connectivity index (χ2v) is 9.10. The molecule has 10 heteroatoms. The van der Waals surface area contributed by atoms with Gasteiger partial charge >= 0.3 is 17.5 Å². The summed E-state index contributed by atoms with van der Waals surface area (Å²) in [6.45, 7) is 0.0378. The number of hydrogen-bond acceptors (Lipinski definition) is 7. The zero-order chi connectivity index (χ0) is 21.5. The number of Topliss-reactive ketones (excluding diaryl/α,β-unsaturated/α-hetero) is 1. The van der Waals surface area contributed by atoms with Crippen LogP contribution >= 0.6 is 11.8 Å². The molecule has 0 atom stereocenters. The van der Waals surface area contributed by atoms with Crippen LogP contribution in [0.25, 0.3) is 0 Å². The highest BCUT2D eigenvalue weighted by atomic mass is 32.3. The standard InChI is InChI=1S/C19H31BO7S2/c21-19(17-10-12-18(13-11-17)20(22)23)16-28-15-9-7-5-3-1-2-4-6-8-14-27-29(24,25)26/h10-13,22-23H,1-9,14-16H2,(H,24,25,26). The molecular weight excluding hydrogens is 415 g/mol. The number of hydrogen-bond donors (Lipinski definition) is 3. The largest absolute Gasteiger partial charge is 0.488 e. The number of rotatable bonds is 17. The summed E-state index contributed by atoms with van der Waals surface area (Å²) in [5, 5.41) is 18.1. The summed E-state index contributed by atoms with van der Waals surface area (Å²) in [5.74, 6) is 1.44. The average Bonchev–Trinajstić information content (AvgIpc) is 2.67. The van der Waals surface area contributed by atoms with Gasteiger partial charge in [0.25, 0.3) is 0 Å². The number of carbonyl (C=O) groups excluding carboxylic acids is 1. The molecule has 0 aliphatic heterocycles. The molecule has 0 heterocycles. The SMILES string of the molecule is O=C(CSCCCCCCCCCCCOS(=O)(=O)O)c1ccc(B(O)O)cc1. The Hall–Kier alpha value is -0.905. The lowest BCUT2D eigenvalue weighted by molar-refractivity contribution is 0.102.